The molecule has 0 aliphatic carbocycles. The zero-order chi connectivity index (χ0) is 25.2. The highest BCUT2D eigenvalue weighted by atomic mass is 16.5. The van der Waals surface area contributed by atoms with Crippen LogP contribution in [0.1, 0.15) is 40.7 Å². The Hall–Kier alpha value is -4.18. The third-order valence-corrected chi connectivity index (χ3v) is 6.28. The van der Waals surface area contributed by atoms with Crippen LogP contribution in [0, 0.1) is 5.92 Å². The molecule has 0 aliphatic rings. The highest BCUT2D eigenvalue weighted by Gasteiger charge is 2.21. The van der Waals surface area contributed by atoms with Gasteiger partial charge in [-0.25, -0.2) is 0 Å². The van der Waals surface area contributed by atoms with Gasteiger partial charge >= 0.3 is 5.97 Å². The van der Waals surface area contributed by atoms with Crippen LogP contribution in [-0.2, 0) is 17.8 Å². The quantitative estimate of drug-likeness (QED) is 0.218. The van der Waals surface area contributed by atoms with E-state index in [1.807, 2.05) is 97.1 Å². The maximum atomic E-state index is 12.8. The molecular weight excluding hydrogens is 448 g/mol. The summed E-state index contributed by atoms with van der Waals surface area (Å²) >= 11 is 0. The number of ketones is 1. The van der Waals surface area contributed by atoms with E-state index in [1.165, 1.54) is 5.56 Å². The second-order valence-corrected chi connectivity index (χ2v) is 8.92. The molecule has 0 aliphatic heterocycles. The van der Waals surface area contributed by atoms with Crippen LogP contribution in [-0.4, -0.2) is 16.9 Å². The Kier molecular flexibility index (Phi) is 8.66. The van der Waals surface area contributed by atoms with Crippen LogP contribution in [0.5, 0.6) is 5.75 Å². The molecule has 36 heavy (non-hydrogen) atoms. The molecule has 0 fully saturated rings. The molecule has 0 heterocycles. The molecule has 182 valence electrons. The monoisotopic (exact) mass is 478 g/mol. The molecule has 1 N–H and O–H groups in total. The Balaban J connectivity index is 1.31. The van der Waals surface area contributed by atoms with Gasteiger partial charge in [0.05, 0.1) is 5.92 Å². The Labute approximate surface area is 212 Å². The lowest BCUT2D eigenvalue weighted by molar-refractivity contribution is -0.141. The first kappa shape index (κ1) is 24.9. The molecule has 4 nitrogen and oxygen atoms in total. The van der Waals surface area contributed by atoms with Gasteiger partial charge < -0.3 is 9.84 Å². The molecule has 0 saturated carbocycles. The number of carbonyl (C=O) groups excluding carboxylic acids is 1. The summed E-state index contributed by atoms with van der Waals surface area (Å²) in [7, 11) is 0. The van der Waals surface area contributed by atoms with Crippen molar-refractivity contribution >= 4 is 11.8 Å². The number of hydrogen-bond donors (Lipinski definition) is 1. The minimum absolute atomic E-state index is 0.0108. The fraction of sp³-hybridized carbons (Fsp3) is 0.188. The lowest BCUT2D eigenvalue weighted by Gasteiger charge is -2.12. The van der Waals surface area contributed by atoms with E-state index >= 15 is 0 Å². The third kappa shape index (κ3) is 7.16. The van der Waals surface area contributed by atoms with Gasteiger partial charge in [0.15, 0.2) is 5.78 Å². The fourth-order valence-electron chi connectivity index (χ4n) is 4.18. The molecule has 4 aromatic rings. The summed E-state index contributed by atoms with van der Waals surface area (Å²) in [4.78, 5) is 24.5. The average Bonchev–Trinajstić information content (AvgIpc) is 2.93. The molecule has 0 saturated heterocycles. The standard InChI is InChI=1S/C32H30O4/c33-31(22-29(32(34)35)13-7-12-24-8-3-1-4-9-24)28-16-14-26(15-17-28)27-18-20-30(21-19-27)36-23-25-10-5-2-6-11-25/h1-6,8-11,14-21,29H,7,12-13,22-23H2,(H,34,35)/t29-/m0/s1. The summed E-state index contributed by atoms with van der Waals surface area (Å²) in [5, 5.41) is 9.62. The number of Topliss-reactive ketones (excluding diaryl/α,β-unsaturated/α-hetero) is 1. The Morgan fingerprint density at radius 1 is 0.694 bits per heavy atom. The van der Waals surface area contributed by atoms with Crippen molar-refractivity contribution in [2.75, 3.05) is 0 Å². The molecule has 1 atom stereocenters. The number of benzene rings is 4. The van der Waals surface area contributed by atoms with Crippen LogP contribution >= 0.6 is 0 Å². The molecule has 4 rings (SSSR count). The number of ether oxygens (including phenoxy) is 1. The predicted octanol–water partition coefficient (Wildman–Crippen LogP) is 7.23. The zero-order valence-corrected chi connectivity index (χ0v) is 20.2. The summed E-state index contributed by atoms with van der Waals surface area (Å²) in [5.41, 5.74) is 4.84. The first-order chi connectivity index (χ1) is 17.6. The molecule has 0 amide bonds. The van der Waals surface area contributed by atoms with Gasteiger partial charge in [0, 0.05) is 12.0 Å². The molecule has 0 radical (unpaired) electrons. The van der Waals surface area contributed by atoms with Crippen molar-refractivity contribution < 1.29 is 19.4 Å². The van der Waals surface area contributed by atoms with E-state index in [1.54, 1.807) is 12.1 Å². The van der Waals surface area contributed by atoms with Gasteiger partial charge in [0.1, 0.15) is 12.4 Å². The molecule has 0 spiro atoms. The molecular formula is C32H30O4. The molecule has 0 unspecified atom stereocenters. The van der Waals surface area contributed by atoms with E-state index < -0.39 is 11.9 Å². The van der Waals surface area contributed by atoms with Crippen molar-refractivity contribution in [2.45, 2.75) is 32.3 Å². The maximum absolute atomic E-state index is 12.8. The van der Waals surface area contributed by atoms with Crippen molar-refractivity contribution in [3.05, 3.63) is 126 Å². The maximum Gasteiger partial charge on any atom is 0.306 e. The lowest BCUT2D eigenvalue weighted by Crippen LogP contribution is -2.18. The number of aryl methyl sites for hydroxylation is 1. The highest BCUT2D eigenvalue weighted by molar-refractivity contribution is 5.98. The van der Waals surface area contributed by atoms with Crippen LogP contribution in [0.4, 0.5) is 0 Å². The molecule has 4 heteroatoms. The lowest BCUT2D eigenvalue weighted by atomic mass is 9.92. The molecule has 0 aromatic heterocycles. The van der Waals surface area contributed by atoms with Gasteiger partial charge in [-0.1, -0.05) is 97.1 Å². The van der Waals surface area contributed by atoms with Crippen LogP contribution < -0.4 is 4.74 Å². The third-order valence-electron chi connectivity index (χ3n) is 6.28. The first-order valence-electron chi connectivity index (χ1n) is 12.3. The van der Waals surface area contributed by atoms with E-state index in [9.17, 15) is 14.7 Å². The van der Waals surface area contributed by atoms with Gasteiger partial charge in [0.2, 0.25) is 0 Å². The Morgan fingerprint density at radius 3 is 1.83 bits per heavy atom. The first-order valence-corrected chi connectivity index (χ1v) is 12.3. The van der Waals surface area contributed by atoms with Crippen molar-refractivity contribution in [2.24, 2.45) is 5.92 Å². The average molecular weight is 479 g/mol. The fourth-order valence-corrected chi connectivity index (χ4v) is 4.18. The summed E-state index contributed by atoms with van der Waals surface area (Å²) in [6, 6.07) is 35.2. The van der Waals surface area contributed by atoms with Crippen molar-refractivity contribution in [1.82, 2.24) is 0 Å². The van der Waals surface area contributed by atoms with Crippen molar-refractivity contribution in [3.8, 4) is 16.9 Å². The number of aliphatic carboxylic acids is 1. The number of rotatable bonds is 12. The van der Waals surface area contributed by atoms with E-state index in [-0.39, 0.29) is 12.2 Å². The van der Waals surface area contributed by atoms with Crippen molar-refractivity contribution in [1.29, 1.82) is 0 Å². The normalized spacial score (nSPS) is 11.6. The van der Waals surface area contributed by atoms with Gasteiger partial charge in [-0.3, -0.25) is 9.59 Å². The summed E-state index contributed by atoms with van der Waals surface area (Å²) in [6.07, 6.45) is 2.03. The second kappa shape index (κ2) is 12.5. The van der Waals surface area contributed by atoms with Crippen LogP contribution in [0.25, 0.3) is 11.1 Å². The summed E-state index contributed by atoms with van der Waals surface area (Å²) < 4.78 is 5.85. The Bertz CT molecular complexity index is 1250. The Morgan fingerprint density at radius 2 is 1.25 bits per heavy atom. The van der Waals surface area contributed by atoms with Crippen LogP contribution in [0.15, 0.2) is 109 Å². The SMILES string of the molecule is O=C(C[C@H](CCCc1ccccc1)C(=O)O)c1ccc(-c2ccc(OCc3ccccc3)cc2)cc1. The number of carboxylic acid groups (broad SMARTS) is 1. The summed E-state index contributed by atoms with van der Waals surface area (Å²) in [6.45, 7) is 0.514. The highest BCUT2D eigenvalue weighted by Crippen LogP contribution is 2.25. The number of carbonyl (C=O) groups is 2. The smallest absolute Gasteiger partial charge is 0.306 e. The van der Waals surface area contributed by atoms with Crippen LogP contribution in [0.3, 0.4) is 0 Å². The topological polar surface area (TPSA) is 63.6 Å². The predicted molar refractivity (Wildman–Crippen MR) is 142 cm³/mol. The van der Waals surface area contributed by atoms with E-state index in [0.717, 1.165) is 35.3 Å². The second-order valence-electron chi connectivity index (χ2n) is 8.92. The largest absolute Gasteiger partial charge is 0.489 e. The van der Waals surface area contributed by atoms with E-state index in [4.69, 9.17) is 4.74 Å². The zero-order valence-electron chi connectivity index (χ0n) is 20.2. The van der Waals surface area contributed by atoms with Gasteiger partial charge in [-0.15, -0.1) is 0 Å². The molecule has 4 aromatic carbocycles. The number of hydrogen-bond acceptors (Lipinski definition) is 3. The van der Waals surface area contributed by atoms with Gasteiger partial charge in [-0.05, 0) is 53.6 Å². The summed E-state index contributed by atoms with van der Waals surface area (Å²) in [5.74, 6) is -0.938. The van der Waals surface area contributed by atoms with Gasteiger partial charge in [-0.2, -0.15) is 0 Å². The van der Waals surface area contributed by atoms with Crippen molar-refractivity contribution in [3.63, 3.8) is 0 Å². The van der Waals surface area contributed by atoms with Gasteiger partial charge in [0.25, 0.3) is 0 Å². The van der Waals surface area contributed by atoms with E-state index in [2.05, 4.69) is 0 Å². The van der Waals surface area contributed by atoms with Crippen LogP contribution in [0.2, 0.25) is 0 Å². The number of carboxylic acids is 1. The van der Waals surface area contributed by atoms with E-state index in [0.29, 0.717) is 18.6 Å². The molecule has 0 bridgehead atoms. The minimum atomic E-state index is -0.914. The minimum Gasteiger partial charge on any atom is -0.489 e.